The van der Waals surface area contributed by atoms with Crippen molar-refractivity contribution >= 4 is 5.96 Å². The molecule has 0 saturated heterocycles. The van der Waals surface area contributed by atoms with Crippen LogP contribution in [0.25, 0.3) is 0 Å². The fourth-order valence-corrected chi connectivity index (χ4v) is 2.09. The molecule has 0 aliphatic carbocycles. The van der Waals surface area contributed by atoms with Gasteiger partial charge in [0.25, 0.3) is 0 Å². The maximum Gasteiger partial charge on any atom is 0.191 e. The standard InChI is InChI=1S/C17H27F2N3O/c1-4-17(23,5-2)12-22-16(20-6-3)21-10-9-13-11-14(18)7-8-15(13)19/h7-8,11,23H,4-6,9-10,12H2,1-3H3,(H2,20,21,22). The van der Waals surface area contributed by atoms with E-state index in [2.05, 4.69) is 15.6 Å². The number of benzene rings is 1. The summed E-state index contributed by atoms with van der Waals surface area (Å²) < 4.78 is 26.7. The minimum Gasteiger partial charge on any atom is -0.388 e. The highest BCUT2D eigenvalue weighted by Gasteiger charge is 2.21. The van der Waals surface area contributed by atoms with Crippen molar-refractivity contribution in [2.24, 2.45) is 4.99 Å². The second-order valence-electron chi connectivity index (χ2n) is 5.54. The molecule has 1 aromatic rings. The number of aliphatic hydroxyl groups is 1. The van der Waals surface area contributed by atoms with Crippen LogP contribution in [-0.4, -0.2) is 36.3 Å². The Kier molecular flexibility index (Phi) is 7.95. The highest BCUT2D eigenvalue weighted by atomic mass is 19.1. The summed E-state index contributed by atoms with van der Waals surface area (Å²) in [5, 5.41) is 16.4. The smallest absolute Gasteiger partial charge is 0.191 e. The fraction of sp³-hybridized carbons (Fsp3) is 0.588. The van der Waals surface area contributed by atoms with E-state index in [4.69, 9.17) is 0 Å². The summed E-state index contributed by atoms with van der Waals surface area (Å²) in [6.07, 6.45) is 1.60. The van der Waals surface area contributed by atoms with Gasteiger partial charge in [-0.3, -0.25) is 4.99 Å². The van der Waals surface area contributed by atoms with Crippen LogP contribution in [0.2, 0.25) is 0 Å². The molecule has 0 bridgehead atoms. The number of aliphatic imine (C=N–C) groups is 1. The summed E-state index contributed by atoms with van der Waals surface area (Å²) in [7, 11) is 0. The first-order chi connectivity index (χ1) is 10.9. The van der Waals surface area contributed by atoms with Crippen molar-refractivity contribution in [3.8, 4) is 0 Å². The topological polar surface area (TPSA) is 56.7 Å². The van der Waals surface area contributed by atoms with E-state index in [1.54, 1.807) is 0 Å². The van der Waals surface area contributed by atoms with E-state index < -0.39 is 17.2 Å². The SMILES string of the molecule is CCNC(=NCC(O)(CC)CC)NCCc1cc(F)ccc1F. The van der Waals surface area contributed by atoms with Crippen LogP contribution in [0.3, 0.4) is 0 Å². The molecule has 0 fully saturated rings. The van der Waals surface area contributed by atoms with Gasteiger partial charge in [0.2, 0.25) is 0 Å². The van der Waals surface area contributed by atoms with Crippen molar-refractivity contribution in [1.82, 2.24) is 10.6 Å². The maximum atomic E-state index is 13.6. The number of nitrogens with zero attached hydrogens (tertiary/aromatic N) is 1. The van der Waals surface area contributed by atoms with Crippen molar-refractivity contribution in [3.63, 3.8) is 0 Å². The molecule has 130 valence electrons. The molecule has 0 saturated carbocycles. The molecule has 0 spiro atoms. The van der Waals surface area contributed by atoms with Gasteiger partial charge in [0.15, 0.2) is 5.96 Å². The van der Waals surface area contributed by atoms with Crippen molar-refractivity contribution in [2.75, 3.05) is 19.6 Å². The molecule has 23 heavy (non-hydrogen) atoms. The lowest BCUT2D eigenvalue weighted by Gasteiger charge is -2.23. The van der Waals surface area contributed by atoms with E-state index in [0.717, 1.165) is 12.1 Å². The van der Waals surface area contributed by atoms with Crippen LogP contribution >= 0.6 is 0 Å². The predicted octanol–water partition coefficient (Wildman–Crippen LogP) is 2.61. The molecule has 3 N–H and O–H groups in total. The zero-order chi connectivity index (χ0) is 17.3. The lowest BCUT2D eigenvalue weighted by atomic mass is 9.98. The van der Waals surface area contributed by atoms with Crippen LogP contribution in [0.15, 0.2) is 23.2 Å². The van der Waals surface area contributed by atoms with Crippen molar-refractivity contribution in [2.45, 2.75) is 45.6 Å². The highest BCUT2D eigenvalue weighted by Crippen LogP contribution is 2.14. The van der Waals surface area contributed by atoms with Crippen molar-refractivity contribution < 1.29 is 13.9 Å². The van der Waals surface area contributed by atoms with Crippen molar-refractivity contribution in [3.05, 3.63) is 35.4 Å². The van der Waals surface area contributed by atoms with Crippen molar-refractivity contribution in [1.29, 1.82) is 0 Å². The molecule has 6 heteroatoms. The van der Waals surface area contributed by atoms with Gasteiger partial charge < -0.3 is 15.7 Å². The highest BCUT2D eigenvalue weighted by molar-refractivity contribution is 5.79. The molecule has 0 atom stereocenters. The lowest BCUT2D eigenvalue weighted by Crippen LogP contribution is -2.40. The Morgan fingerprint density at radius 1 is 1.17 bits per heavy atom. The summed E-state index contributed by atoms with van der Waals surface area (Å²) in [4.78, 5) is 4.37. The Morgan fingerprint density at radius 3 is 2.48 bits per heavy atom. The van der Waals surface area contributed by atoms with E-state index in [9.17, 15) is 13.9 Å². The maximum absolute atomic E-state index is 13.6. The van der Waals surface area contributed by atoms with Gasteiger partial charge in [-0.25, -0.2) is 8.78 Å². The van der Waals surface area contributed by atoms with Gasteiger partial charge in [-0.2, -0.15) is 0 Å². The summed E-state index contributed by atoms with van der Waals surface area (Å²) in [6, 6.07) is 3.44. The van der Waals surface area contributed by atoms with Gasteiger partial charge in [0.1, 0.15) is 11.6 Å². The Bertz CT molecular complexity index is 517. The van der Waals surface area contributed by atoms with Crippen LogP contribution in [0.5, 0.6) is 0 Å². The average molecular weight is 327 g/mol. The molecule has 0 radical (unpaired) electrons. The van der Waals surface area contributed by atoms with E-state index in [-0.39, 0.29) is 0 Å². The van der Waals surface area contributed by atoms with E-state index >= 15 is 0 Å². The van der Waals surface area contributed by atoms with Crippen LogP contribution in [-0.2, 0) is 6.42 Å². The third kappa shape index (κ3) is 6.52. The van der Waals surface area contributed by atoms with E-state index in [1.807, 2.05) is 20.8 Å². The number of halogens is 2. The van der Waals surface area contributed by atoms with Gasteiger partial charge in [-0.15, -0.1) is 0 Å². The number of guanidine groups is 1. The van der Waals surface area contributed by atoms with Gasteiger partial charge in [0, 0.05) is 13.1 Å². The third-order valence-corrected chi connectivity index (χ3v) is 3.89. The van der Waals surface area contributed by atoms with Crippen LogP contribution < -0.4 is 10.6 Å². The first kappa shape index (κ1) is 19.4. The minimum absolute atomic E-state index is 0.295. The molecule has 1 aromatic carbocycles. The molecule has 0 aromatic heterocycles. The Morgan fingerprint density at radius 2 is 1.87 bits per heavy atom. The summed E-state index contributed by atoms with van der Waals surface area (Å²) in [5.74, 6) is -0.302. The second kappa shape index (κ2) is 9.45. The quantitative estimate of drug-likeness (QED) is 0.508. The summed E-state index contributed by atoms with van der Waals surface area (Å²) in [6.45, 7) is 7.18. The van der Waals surface area contributed by atoms with Gasteiger partial charge in [-0.05, 0) is 49.9 Å². The number of hydrogen-bond acceptors (Lipinski definition) is 2. The molecular formula is C17H27F2N3O. The second-order valence-corrected chi connectivity index (χ2v) is 5.54. The molecular weight excluding hydrogens is 300 g/mol. The average Bonchev–Trinajstić information content (AvgIpc) is 2.55. The Hall–Kier alpha value is -1.69. The van der Waals surface area contributed by atoms with Gasteiger partial charge in [-0.1, -0.05) is 13.8 Å². The van der Waals surface area contributed by atoms with Gasteiger partial charge in [0.05, 0.1) is 12.1 Å². The van der Waals surface area contributed by atoms with E-state index in [1.165, 1.54) is 6.07 Å². The third-order valence-electron chi connectivity index (χ3n) is 3.89. The molecule has 4 nitrogen and oxygen atoms in total. The number of nitrogens with one attached hydrogen (secondary N) is 2. The van der Waals surface area contributed by atoms with E-state index in [0.29, 0.717) is 50.4 Å². The first-order valence-electron chi connectivity index (χ1n) is 8.12. The first-order valence-corrected chi connectivity index (χ1v) is 8.12. The Labute approximate surface area is 137 Å². The number of hydrogen-bond donors (Lipinski definition) is 3. The predicted molar refractivity (Wildman–Crippen MR) is 89.6 cm³/mol. The molecule has 0 amide bonds. The summed E-state index contributed by atoms with van der Waals surface area (Å²) >= 11 is 0. The number of rotatable bonds is 8. The molecule has 0 unspecified atom stereocenters. The monoisotopic (exact) mass is 327 g/mol. The molecule has 0 aliphatic rings. The molecule has 0 heterocycles. The minimum atomic E-state index is -0.809. The Balaban J connectivity index is 2.61. The van der Waals surface area contributed by atoms with Gasteiger partial charge >= 0.3 is 0 Å². The van der Waals surface area contributed by atoms with Crippen LogP contribution in [0.4, 0.5) is 8.78 Å². The zero-order valence-electron chi connectivity index (χ0n) is 14.1. The molecule has 1 rings (SSSR count). The zero-order valence-corrected chi connectivity index (χ0v) is 14.1. The normalized spacial score (nSPS) is 12.3. The fourth-order valence-electron chi connectivity index (χ4n) is 2.09. The largest absolute Gasteiger partial charge is 0.388 e. The summed E-state index contributed by atoms with van der Waals surface area (Å²) in [5.41, 5.74) is -0.483. The van der Waals surface area contributed by atoms with Crippen LogP contribution in [0.1, 0.15) is 39.2 Å². The lowest BCUT2D eigenvalue weighted by molar-refractivity contribution is 0.0418. The van der Waals surface area contributed by atoms with Crippen LogP contribution in [0, 0.1) is 11.6 Å². The molecule has 0 aliphatic heterocycles.